The van der Waals surface area contributed by atoms with Gasteiger partial charge in [-0.2, -0.15) is 0 Å². The Morgan fingerprint density at radius 3 is 2.44 bits per heavy atom. The molecule has 0 unspecified atom stereocenters. The van der Waals surface area contributed by atoms with Crippen molar-refractivity contribution in [2.24, 2.45) is 5.92 Å². The Balaban J connectivity index is 2.23. The predicted octanol–water partition coefficient (Wildman–Crippen LogP) is 4.13. The molecule has 0 spiro atoms. The van der Waals surface area contributed by atoms with Gasteiger partial charge in [0.25, 0.3) is 0 Å². The fourth-order valence-electron chi connectivity index (χ4n) is 2.18. The fraction of sp³-hybridized carbons (Fsp3) is 0.600. The van der Waals surface area contributed by atoms with Gasteiger partial charge in [0.15, 0.2) is 0 Å². The lowest BCUT2D eigenvalue weighted by Crippen LogP contribution is -2.33. The minimum atomic E-state index is -0.411. The molecule has 1 N–H and O–H groups in total. The number of hydrogen-bond donors (Lipinski definition) is 1. The van der Waals surface area contributed by atoms with Crippen molar-refractivity contribution >= 4 is 21.6 Å². The number of halogens is 1. The number of hydrogen-bond acceptors (Lipinski definition) is 2. The van der Waals surface area contributed by atoms with Crippen LogP contribution in [0.1, 0.15) is 45.3 Å². The number of nitrogens with zero attached hydrogens (tertiary/aromatic N) is 1. The first kappa shape index (κ1) is 13.9. The van der Waals surface area contributed by atoms with Gasteiger partial charge >= 0.3 is 0 Å². The average molecular weight is 312 g/mol. The quantitative estimate of drug-likeness (QED) is 0.884. The zero-order chi connectivity index (χ0) is 13.3. The second-order valence-electron chi connectivity index (χ2n) is 5.58. The van der Waals surface area contributed by atoms with Gasteiger partial charge in [-0.25, -0.2) is 0 Å². The van der Waals surface area contributed by atoms with Crippen molar-refractivity contribution in [2.75, 3.05) is 11.4 Å². The summed E-state index contributed by atoms with van der Waals surface area (Å²) < 4.78 is 1.08. The SMILES string of the molecule is CC(C)N(CC1CC1)c1ccc([C@H](C)O)cc1Br. The molecule has 0 aromatic heterocycles. The van der Waals surface area contributed by atoms with Gasteiger partial charge in [0, 0.05) is 17.1 Å². The molecule has 0 amide bonds. The van der Waals surface area contributed by atoms with E-state index < -0.39 is 6.10 Å². The van der Waals surface area contributed by atoms with E-state index >= 15 is 0 Å². The minimum Gasteiger partial charge on any atom is -0.389 e. The van der Waals surface area contributed by atoms with Crippen molar-refractivity contribution in [2.45, 2.75) is 45.8 Å². The summed E-state index contributed by atoms with van der Waals surface area (Å²) in [7, 11) is 0. The van der Waals surface area contributed by atoms with Crippen molar-refractivity contribution in [3.05, 3.63) is 28.2 Å². The predicted molar refractivity (Wildman–Crippen MR) is 80.0 cm³/mol. The van der Waals surface area contributed by atoms with E-state index in [0.29, 0.717) is 6.04 Å². The van der Waals surface area contributed by atoms with E-state index in [1.165, 1.54) is 18.5 Å². The summed E-state index contributed by atoms with van der Waals surface area (Å²) in [5.74, 6) is 0.871. The summed E-state index contributed by atoms with van der Waals surface area (Å²) in [6.45, 7) is 7.41. The smallest absolute Gasteiger partial charge is 0.0762 e. The van der Waals surface area contributed by atoms with Gasteiger partial charge in [-0.05, 0) is 73.2 Å². The van der Waals surface area contributed by atoms with Crippen LogP contribution in [0.4, 0.5) is 5.69 Å². The molecule has 100 valence electrons. The standard InChI is InChI=1S/C15H22BrNO/c1-10(2)17(9-12-4-5-12)15-7-6-13(11(3)18)8-14(15)16/h6-8,10-12,18H,4-5,9H2,1-3H3/t11-/m0/s1. The van der Waals surface area contributed by atoms with E-state index in [9.17, 15) is 5.11 Å². The molecule has 18 heavy (non-hydrogen) atoms. The van der Waals surface area contributed by atoms with Crippen LogP contribution in [-0.2, 0) is 0 Å². The fourth-order valence-corrected chi connectivity index (χ4v) is 2.81. The number of aliphatic hydroxyl groups excluding tert-OH is 1. The topological polar surface area (TPSA) is 23.5 Å². The maximum Gasteiger partial charge on any atom is 0.0762 e. The Labute approximate surface area is 118 Å². The molecule has 3 heteroatoms. The van der Waals surface area contributed by atoms with Gasteiger partial charge < -0.3 is 10.0 Å². The molecular weight excluding hydrogens is 290 g/mol. The number of rotatable bonds is 5. The second-order valence-corrected chi connectivity index (χ2v) is 6.43. The summed E-state index contributed by atoms with van der Waals surface area (Å²) in [5.41, 5.74) is 2.20. The summed E-state index contributed by atoms with van der Waals surface area (Å²) in [4.78, 5) is 2.45. The van der Waals surface area contributed by atoms with Crippen LogP contribution in [0.25, 0.3) is 0 Å². The lowest BCUT2D eigenvalue weighted by atomic mass is 10.1. The van der Waals surface area contributed by atoms with Gasteiger partial charge in [-0.15, -0.1) is 0 Å². The molecule has 2 nitrogen and oxygen atoms in total. The molecule has 1 aromatic rings. The van der Waals surface area contributed by atoms with Crippen LogP contribution in [0.5, 0.6) is 0 Å². The molecule has 0 bridgehead atoms. The largest absolute Gasteiger partial charge is 0.389 e. The van der Waals surface area contributed by atoms with Crippen molar-refractivity contribution in [3.63, 3.8) is 0 Å². The highest BCUT2D eigenvalue weighted by molar-refractivity contribution is 9.10. The Hall–Kier alpha value is -0.540. The van der Waals surface area contributed by atoms with Crippen LogP contribution in [0.2, 0.25) is 0 Å². The molecule has 1 fully saturated rings. The molecule has 1 atom stereocenters. The monoisotopic (exact) mass is 311 g/mol. The molecular formula is C15H22BrNO. The molecule has 1 saturated carbocycles. The van der Waals surface area contributed by atoms with Crippen LogP contribution >= 0.6 is 15.9 Å². The summed E-state index contributed by atoms with van der Waals surface area (Å²) >= 11 is 3.64. The van der Waals surface area contributed by atoms with Crippen LogP contribution in [0.3, 0.4) is 0 Å². The van der Waals surface area contributed by atoms with Gasteiger partial charge in [0.1, 0.15) is 0 Å². The Bertz CT molecular complexity index is 413. The van der Waals surface area contributed by atoms with E-state index in [4.69, 9.17) is 0 Å². The van der Waals surface area contributed by atoms with E-state index in [-0.39, 0.29) is 0 Å². The van der Waals surface area contributed by atoms with Gasteiger partial charge in [0.2, 0.25) is 0 Å². The van der Waals surface area contributed by atoms with Crippen molar-refractivity contribution < 1.29 is 5.11 Å². The summed E-state index contributed by atoms with van der Waals surface area (Å²) in [5, 5.41) is 9.61. The van der Waals surface area contributed by atoms with Gasteiger partial charge in [-0.1, -0.05) is 6.07 Å². The Kier molecular flexibility index (Phi) is 4.33. The maximum absolute atomic E-state index is 9.61. The summed E-state index contributed by atoms with van der Waals surface area (Å²) in [6, 6.07) is 6.67. The lowest BCUT2D eigenvalue weighted by Gasteiger charge is -2.30. The van der Waals surface area contributed by atoms with Crippen LogP contribution in [0, 0.1) is 5.92 Å². The number of aliphatic hydroxyl groups is 1. The highest BCUT2D eigenvalue weighted by atomic mass is 79.9. The van der Waals surface area contributed by atoms with E-state index in [1.807, 2.05) is 12.1 Å². The van der Waals surface area contributed by atoms with Gasteiger partial charge in [0.05, 0.1) is 11.8 Å². The molecule has 0 radical (unpaired) electrons. The van der Waals surface area contributed by atoms with Crippen molar-refractivity contribution in [3.8, 4) is 0 Å². The minimum absolute atomic E-state index is 0.411. The zero-order valence-corrected chi connectivity index (χ0v) is 12.9. The first-order valence-corrected chi connectivity index (χ1v) is 7.52. The molecule has 1 aliphatic carbocycles. The second kappa shape index (κ2) is 5.62. The molecule has 1 aliphatic rings. The maximum atomic E-state index is 9.61. The normalized spacial score (nSPS) is 17.0. The number of anilines is 1. The Morgan fingerprint density at radius 2 is 2.00 bits per heavy atom. The summed E-state index contributed by atoms with van der Waals surface area (Å²) in [6.07, 6.45) is 2.32. The van der Waals surface area contributed by atoms with E-state index in [1.54, 1.807) is 6.92 Å². The molecule has 1 aromatic carbocycles. The van der Waals surface area contributed by atoms with Crippen LogP contribution in [-0.4, -0.2) is 17.7 Å². The zero-order valence-electron chi connectivity index (χ0n) is 11.4. The third-order valence-electron chi connectivity index (χ3n) is 3.54. The van der Waals surface area contributed by atoms with Gasteiger partial charge in [-0.3, -0.25) is 0 Å². The van der Waals surface area contributed by atoms with E-state index in [0.717, 1.165) is 22.5 Å². The first-order chi connectivity index (χ1) is 8.49. The molecule has 0 aliphatic heterocycles. The number of benzene rings is 1. The third-order valence-corrected chi connectivity index (χ3v) is 4.17. The van der Waals surface area contributed by atoms with Crippen molar-refractivity contribution in [1.29, 1.82) is 0 Å². The third kappa shape index (κ3) is 3.27. The first-order valence-electron chi connectivity index (χ1n) is 6.73. The van der Waals surface area contributed by atoms with Crippen LogP contribution in [0.15, 0.2) is 22.7 Å². The highest BCUT2D eigenvalue weighted by Crippen LogP contribution is 2.36. The lowest BCUT2D eigenvalue weighted by molar-refractivity contribution is 0.199. The average Bonchev–Trinajstić information content (AvgIpc) is 3.09. The van der Waals surface area contributed by atoms with E-state index in [2.05, 4.69) is 40.7 Å². The van der Waals surface area contributed by atoms with Crippen LogP contribution < -0.4 is 4.90 Å². The van der Waals surface area contributed by atoms with Crippen molar-refractivity contribution in [1.82, 2.24) is 0 Å². The Morgan fingerprint density at radius 1 is 1.33 bits per heavy atom. The molecule has 2 rings (SSSR count). The molecule has 0 saturated heterocycles. The molecule has 0 heterocycles. The highest BCUT2D eigenvalue weighted by Gasteiger charge is 2.26.